The van der Waals surface area contributed by atoms with Gasteiger partial charge in [0.05, 0.1) is 14.2 Å². The van der Waals surface area contributed by atoms with E-state index in [-0.39, 0.29) is 11.5 Å². The standard InChI is InChI=1S/C10H11F3O3/c1-6-4-7(14-2)9(8(5-6)15-3)16-10(11,12)13/h4-5H,1-3H3. The molecule has 0 aromatic heterocycles. The van der Waals surface area contributed by atoms with Crippen molar-refractivity contribution in [2.45, 2.75) is 13.3 Å². The van der Waals surface area contributed by atoms with Crippen LogP contribution in [0, 0.1) is 6.92 Å². The Balaban J connectivity index is 3.22. The first kappa shape index (κ1) is 12.5. The molecule has 1 aromatic carbocycles. The Kier molecular flexibility index (Phi) is 3.51. The highest BCUT2D eigenvalue weighted by molar-refractivity contribution is 5.53. The highest BCUT2D eigenvalue weighted by Gasteiger charge is 2.34. The zero-order valence-corrected chi connectivity index (χ0v) is 9.01. The summed E-state index contributed by atoms with van der Waals surface area (Å²) in [5.74, 6) is -0.508. The van der Waals surface area contributed by atoms with Crippen molar-refractivity contribution < 1.29 is 27.4 Å². The Morgan fingerprint density at radius 2 is 1.44 bits per heavy atom. The summed E-state index contributed by atoms with van der Waals surface area (Å²) in [6.07, 6.45) is -4.78. The normalized spacial score (nSPS) is 11.1. The molecule has 1 rings (SSSR count). The second kappa shape index (κ2) is 4.51. The topological polar surface area (TPSA) is 27.7 Å². The number of ether oxygens (including phenoxy) is 3. The van der Waals surface area contributed by atoms with Gasteiger partial charge in [0, 0.05) is 0 Å². The SMILES string of the molecule is COc1cc(C)cc(OC)c1OC(F)(F)F. The number of hydrogen-bond donors (Lipinski definition) is 0. The number of rotatable bonds is 3. The van der Waals surface area contributed by atoms with E-state index in [1.807, 2.05) is 0 Å². The summed E-state index contributed by atoms with van der Waals surface area (Å²) in [5, 5.41) is 0. The molecule has 3 nitrogen and oxygen atoms in total. The van der Waals surface area contributed by atoms with E-state index in [0.29, 0.717) is 5.56 Å². The van der Waals surface area contributed by atoms with Crippen LogP contribution in [0.15, 0.2) is 12.1 Å². The van der Waals surface area contributed by atoms with Gasteiger partial charge in [-0.05, 0) is 24.6 Å². The lowest BCUT2D eigenvalue weighted by Gasteiger charge is -2.16. The maximum absolute atomic E-state index is 12.1. The molecule has 0 atom stereocenters. The summed E-state index contributed by atoms with van der Waals surface area (Å²) in [7, 11) is 2.52. The molecule has 0 unspecified atom stereocenters. The molecule has 0 aliphatic rings. The second-order valence-electron chi connectivity index (χ2n) is 3.05. The van der Waals surface area contributed by atoms with Crippen LogP contribution in [0.25, 0.3) is 0 Å². The van der Waals surface area contributed by atoms with Gasteiger partial charge in [0.15, 0.2) is 11.5 Å². The van der Waals surface area contributed by atoms with Gasteiger partial charge in [-0.3, -0.25) is 0 Å². The number of halogens is 3. The predicted octanol–water partition coefficient (Wildman–Crippen LogP) is 2.91. The van der Waals surface area contributed by atoms with Gasteiger partial charge in [-0.2, -0.15) is 0 Å². The van der Waals surface area contributed by atoms with Gasteiger partial charge in [0.25, 0.3) is 0 Å². The van der Waals surface area contributed by atoms with Crippen LogP contribution >= 0.6 is 0 Å². The Labute approximate surface area is 90.7 Å². The lowest BCUT2D eigenvalue weighted by atomic mass is 10.2. The molecule has 0 saturated carbocycles. The van der Waals surface area contributed by atoms with Crippen LogP contribution in [0.2, 0.25) is 0 Å². The molecule has 0 aliphatic carbocycles. The lowest BCUT2D eigenvalue weighted by molar-refractivity contribution is -0.275. The quantitative estimate of drug-likeness (QED) is 0.807. The molecule has 90 valence electrons. The highest BCUT2D eigenvalue weighted by atomic mass is 19.4. The molecule has 0 fully saturated rings. The van der Waals surface area contributed by atoms with Crippen LogP contribution in [-0.2, 0) is 0 Å². The summed E-state index contributed by atoms with van der Waals surface area (Å²) in [6.45, 7) is 1.71. The first-order valence-electron chi connectivity index (χ1n) is 4.35. The van der Waals surface area contributed by atoms with Gasteiger partial charge in [-0.1, -0.05) is 0 Å². The van der Waals surface area contributed by atoms with Crippen molar-refractivity contribution in [3.8, 4) is 17.2 Å². The smallest absolute Gasteiger partial charge is 0.493 e. The number of methoxy groups -OCH3 is 2. The predicted molar refractivity (Wildman–Crippen MR) is 51.0 cm³/mol. The van der Waals surface area contributed by atoms with E-state index in [4.69, 9.17) is 9.47 Å². The minimum atomic E-state index is -4.78. The molecule has 0 amide bonds. The van der Waals surface area contributed by atoms with Gasteiger partial charge in [0.1, 0.15) is 0 Å². The molecule has 0 radical (unpaired) electrons. The van der Waals surface area contributed by atoms with Crippen molar-refractivity contribution in [1.29, 1.82) is 0 Å². The molecule has 0 aliphatic heterocycles. The largest absolute Gasteiger partial charge is 0.573 e. The van der Waals surface area contributed by atoms with Crippen molar-refractivity contribution in [1.82, 2.24) is 0 Å². The fraction of sp³-hybridized carbons (Fsp3) is 0.400. The van der Waals surface area contributed by atoms with Crippen molar-refractivity contribution in [3.05, 3.63) is 17.7 Å². The fourth-order valence-electron chi connectivity index (χ4n) is 1.23. The molecule has 0 saturated heterocycles. The van der Waals surface area contributed by atoms with Gasteiger partial charge >= 0.3 is 6.36 Å². The van der Waals surface area contributed by atoms with E-state index in [9.17, 15) is 13.2 Å². The fourth-order valence-corrected chi connectivity index (χ4v) is 1.23. The lowest BCUT2D eigenvalue weighted by Crippen LogP contribution is -2.18. The summed E-state index contributed by atoms with van der Waals surface area (Å²) in [5.41, 5.74) is 0.711. The summed E-state index contributed by atoms with van der Waals surface area (Å²) in [4.78, 5) is 0. The van der Waals surface area contributed by atoms with Crippen molar-refractivity contribution in [3.63, 3.8) is 0 Å². The van der Waals surface area contributed by atoms with Gasteiger partial charge in [-0.25, -0.2) is 0 Å². The van der Waals surface area contributed by atoms with Crippen LogP contribution in [0.1, 0.15) is 5.56 Å². The molecule has 0 spiro atoms. The first-order valence-corrected chi connectivity index (χ1v) is 4.35. The van der Waals surface area contributed by atoms with Gasteiger partial charge in [0.2, 0.25) is 5.75 Å². The van der Waals surface area contributed by atoms with E-state index in [1.54, 1.807) is 6.92 Å². The Morgan fingerprint density at radius 3 is 1.75 bits per heavy atom. The molecular formula is C10H11F3O3. The van der Waals surface area contributed by atoms with Crippen LogP contribution in [-0.4, -0.2) is 20.6 Å². The monoisotopic (exact) mass is 236 g/mol. The zero-order valence-electron chi connectivity index (χ0n) is 9.01. The minimum absolute atomic E-state index is 0.0193. The number of alkyl halides is 3. The van der Waals surface area contributed by atoms with Crippen molar-refractivity contribution >= 4 is 0 Å². The van der Waals surface area contributed by atoms with Crippen molar-refractivity contribution in [2.75, 3.05) is 14.2 Å². The van der Waals surface area contributed by atoms with E-state index < -0.39 is 12.1 Å². The van der Waals surface area contributed by atoms with Gasteiger partial charge < -0.3 is 14.2 Å². The maximum Gasteiger partial charge on any atom is 0.573 e. The Hall–Kier alpha value is -1.59. The first-order chi connectivity index (χ1) is 7.37. The van der Waals surface area contributed by atoms with Crippen LogP contribution in [0.3, 0.4) is 0 Å². The molecular weight excluding hydrogens is 225 g/mol. The molecule has 0 bridgehead atoms. The molecule has 6 heteroatoms. The van der Waals surface area contributed by atoms with Crippen LogP contribution in [0.5, 0.6) is 17.2 Å². The average molecular weight is 236 g/mol. The third-order valence-electron chi connectivity index (χ3n) is 1.82. The van der Waals surface area contributed by atoms with Crippen molar-refractivity contribution in [2.24, 2.45) is 0 Å². The highest BCUT2D eigenvalue weighted by Crippen LogP contribution is 2.41. The second-order valence-corrected chi connectivity index (χ2v) is 3.05. The van der Waals surface area contributed by atoms with E-state index >= 15 is 0 Å². The molecule has 16 heavy (non-hydrogen) atoms. The Bertz CT molecular complexity index is 349. The zero-order chi connectivity index (χ0) is 12.3. The van der Waals surface area contributed by atoms with E-state index in [2.05, 4.69) is 4.74 Å². The third-order valence-corrected chi connectivity index (χ3v) is 1.82. The molecule has 0 N–H and O–H groups in total. The minimum Gasteiger partial charge on any atom is -0.493 e. The Morgan fingerprint density at radius 1 is 1.00 bits per heavy atom. The van der Waals surface area contributed by atoms with Crippen LogP contribution in [0.4, 0.5) is 13.2 Å². The van der Waals surface area contributed by atoms with E-state index in [0.717, 1.165) is 0 Å². The number of aryl methyl sites for hydroxylation is 1. The van der Waals surface area contributed by atoms with Gasteiger partial charge in [-0.15, -0.1) is 13.2 Å². The summed E-state index contributed by atoms with van der Waals surface area (Å²) < 4.78 is 49.9. The molecule has 1 aromatic rings. The van der Waals surface area contributed by atoms with Crippen LogP contribution < -0.4 is 14.2 Å². The third kappa shape index (κ3) is 2.95. The maximum atomic E-state index is 12.1. The molecule has 0 heterocycles. The summed E-state index contributed by atoms with van der Waals surface area (Å²) >= 11 is 0. The summed E-state index contributed by atoms with van der Waals surface area (Å²) in [6, 6.07) is 2.87. The number of hydrogen-bond acceptors (Lipinski definition) is 3. The average Bonchev–Trinajstić information content (AvgIpc) is 2.18. The number of benzene rings is 1. The van der Waals surface area contributed by atoms with E-state index in [1.165, 1.54) is 26.4 Å².